The number of nitrogens with zero attached hydrogens (tertiary/aromatic N) is 2. The Morgan fingerprint density at radius 1 is 1.08 bits per heavy atom. The van der Waals surface area contributed by atoms with Crippen LogP contribution in [0.2, 0.25) is 0 Å². The minimum Gasteiger partial charge on any atom is -0.491 e. The summed E-state index contributed by atoms with van der Waals surface area (Å²) in [5.41, 5.74) is 1.91. The van der Waals surface area contributed by atoms with Crippen LogP contribution >= 0.6 is 0 Å². The lowest BCUT2D eigenvalue weighted by atomic mass is 9.85. The fraction of sp³-hybridized carbons (Fsp3) is 0.444. The number of anilines is 1. The second-order valence-corrected chi connectivity index (χ2v) is 9.43. The van der Waals surface area contributed by atoms with Crippen molar-refractivity contribution in [1.29, 1.82) is 0 Å². The van der Waals surface area contributed by atoms with Crippen molar-refractivity contribution in [3.05, 3.63) is 53.8 Å². The SMILES string of the molecule is COCCOc1ccc2nc(NC(=O)c3ccc(F)cc3)n(C3CCC(C(=O)NC(C)C)CC3)c2c1. The summed E-state index contributed by atoms with van der Waals surface area (Å²) >= 11 is 0. The maximum absolute atomic E-state index is 13.3. The highest BCUT2D eigenvalue weighted by Crippen LogP contribution is 2.37. The van der Waals surface area contributed by atoms with Crippen LogP contribution in [0, 0.1) is 11.7 Å². The molecule has 1 heterocycles. The first-order chi connectivity index (χ1) is 17.4. The number of nitrogens with one attached hydrogen (secondary N) is 2. The van der Waals surface area contributed by atoms with Gasteiger partial charge in [0.15, 0.2) is 0 Å². The molecule has 0 aliphatic heterocycles. The third-order valence-corrected chi connectivity index (χ3v) is 6.41. The molecule has 0 radical (unpaired) electrons. The van der Waals surface area contributed by atoms with E-state index in [0.29, 0.717) is 30.5 Å². The maximum Gasteiger partial charge on any atom is 0.257 e. The first-order valence-electron chi connectivity index (χ1n) is 12.4. The standard InChI is InChI=1S/C27H33FN4O4/c1-17(2)29-25(33)19-6-10-21(11-7-19)32-24-16-22(36-15-14-35-3)12-13-23(24)30-27(32)31-26(34)18-4-8-20(28)9-5-18/h4-5,8-9,12-13,16-17,19,21H,6-7,10-11,14-15H2,1-3H3,(H,29,33)(H,30,31,34). The smallest absolute Gasteiger partial charge is 0.257 e. The number of methoxy groups -OCH3 is 1. The molecule has 0 spiro atoms. The topological polar surface area (TPSA) is 94.5 Å². The number of amides is 2. The van der Waals surface area contributed by atoms with E-state index in [1.54, 1.807) is 7.11 Å². The summed E-state index contributed by atoms with van der Waals surface area (Å²) < 4.78 is 26.3. The molecule has 2 aromatic carbocycles. The highest BCUT2D eigenvalue weighted by Gasteiger charge is 2.30. The Balaban J connectivity index is 1.62. The maximum atomic E-state index is 13.3. The van der Waals surface area contributed by atoms with Gasteiger partial charge in [-0.05, 0) is 75.9 Å². The monoisotopic (exact) mass is 496 g/mol. The number of halogens is 1. The van der Waals surface area contributed by atoms with Gasteiger partial charge in [-0.25, -0.2) is 9.37 Å². The predicted octanol–water partition coefficient (Wildman–Crippen LogP) is 4.71. The minimum atomic E-state index is -0.405. The van der Waals surface area contributed by atoms with E-state index in [-0.39, 0.29) is 29.8 Å². The van der Waals surface area contributed by atoms with Gasteiger partial charge in [0.1, 0.15) is 18.2 Å². The van der Waals surface area contributed by atoms with E-state index in [0.717, 1.165) is 36.7 Å². The van der Waals surface area contributed by atoms with Crippen LogP contribution in [0.25, 0.3) is 11.0 Å². The number of carbonyl (C=O) groups excluding carboxylic acids is 2. The third kappa shape index (κ3) is 6.02. The average Bonchev–Trinajstić information content (AvgIpc) is 3.21. The highest BCUT2D eigenvalue weighted by molar-refractivity contribution is 6.04. The molecule has 1 saturated carbocycles. The van der Waals surface area contributed by atoms with Gasteiger partial charge in [0, 0.05) is 36.7 Å². The molecule has 0 atom stereocenters. The normalized spacial score (nSPS) is 17.8. The lowest BCUT2D eigenvalue weighted by Crippen LogP contribution is -2.37. The molecule has 2 amide bonds. The molecule has 0 saturated heterocycles. The summed E-state index contributed by atoms with van der Waals surface area (Å²) in [5.74, 6) is 0.401. The van der Waals surface area contributed by atoms with E-state index in [1.165, 1.54) is 24.3 Å². The van der Waals surface area contributed by atoms with Gasteiger partial charge in [-0.1, -0.05) is 0 Å². The van der Waals surface area contributed by atoms with Gasteiger partial charge in [-0.15, -0.1) is 0 Å². The largest absolute Gasteiger partial charge is 0.491 e. The molecular weight excluding hydrogens is 463 g/mol. The number of aromatic nitrogens is 2. The summed E-state index contributed by atoms with van der Waals surface area (Å²) in [6.07, 6.45) is 3.04. The lowest BCUT2D eigenvalue weighted by Gasteiger charge is -2.30. The van der Waals surface area contributed by atoms with Gasteiger partial charge >= 0.3 is 0 Å². The number of fused-ring (bicyclic) bond motifs is 1. The molecular formula is C27H33FN4O4. The Morgan fingerprint density at radius 3 is 2.47 bits per heavy atom. The highest BCUT2D eigenvalue weighted by atomic mass is 19.1. The number of hydrogen-bond donors (Lipinski definition) is 2. The number of carbonyl (C=O) groups is 2. The average molecular weight is 497 g/mol. The Hall–Kier alpha value is -3.46. The molecule has 1 aliphatic carbocycles. The predicted molar refractivity (Wildman–Crippen MR) is 136 cm³/mol. The fourth-order valence-electron chi connectivity index (χ4n) is 4.64. The van der Waals surface area contributed by atoms with Crippen molar-refractivity contribution in [1.82, 2.24) is 14.9 Å². The molecule has 1 aliphatic rings. The van der Waals surface area contributed by atoms with Crippen molar-refractivity contribution in [3.8, 4) is 5.75 Å². The van der Waals surface area contributed by atoms with E-state index in [4.69, 9.17) is 14.5 Å². The number of imidazole rings is 1. The van der Waals surface area contributed by atoms with Gasteiger partial charge in [0.25, 0.3) is 5.91 Å². The molecule has 9 heteroatoms. The second-order valence-electron chi connectivity index (χ2n) is 9.43. The zero-order valence-corrected chi connectivity index (χ0v) is 20.9. The fourth-order valence-corrected chi connectivity index (χ4v) is 4.64. The van der Waals surface area contributed by atoms with Gasteiger partial charge in [-0.3, -0.25) is 14.9 Å². The molecule has 3 aromatic rings. The zero-order chi connectivity index (χ0) is 25.7. The molecule has 1 aromatic heterocycles. The molecule has 36 heavy (non-hydrogen) atoms. The minimum absolute atomic E-state index is 0.0244. The molecule has 4 rings (SSSR count). The van der Waals surface area contributed by atoms with Crippen molar-refractivity contribution in [2.45, 2.75) is 51.6 Å². The Labute approximate surface area is 210 Å². The van der Waals surface area contributed by atoms with Crippen LogP contribution in [-0.2, 0) is 9.53 Å². The summed E-state index contributed by atoms with van der Waals surface area (Å²) in [6, 6.07) is 11.2. The molecule has 192 valence electrons. The van der Waals surface area contributed by atoms with Crippen LogP contribution < -0.4 is 15.4 Å². The van der Waals surface area contributed by atoms with Crippen LogP contribution in [0.5, 0.6) is 5.75 Å². The molecule has 8 nitrogen and oxygen atoms in total. The van der Waals surface area contributed by atoms with Crippen molar-refractivity contribution < 1.29 is 23.5 Å². The van der Waals surface area contributed by atoms with Gasteiger partial charge in [-0.2, -0.15) is 0 Å². The van der Waals surface area contributed by atoms with E-state index < -0.39 is 5.82 Å². The third-order valence-electron chi connectivity index (χ3n) is 6.41. The van der Waals surface area contributed by atoms with Gasteiger partial charge in [0.05, 0.1) is 17.6 Å². The van der Waals surface area contributed by atoms with Crippen molar-refractivity contribution in [3.63, 3.8) is 0 Å². The van der Waals surface area contributed by atoms with Crippen LogP contribution in [-0.4, -0.2) is 47.7 Å². The molecule has 1 fully saturated rings. The quantitative estimate of drug-likeness (QED) is 0.419. The Morgan fingerprint density at radius 2 is 1.81 bits per heavy atom. The summed E-state index contributed by atoms with van der Waals surface area (Å²) in [4.78, 5) is 30.2. The Kier molecular flexibility index (Phi) is 8.20. The van der Waals surface area contributed by atoms with Crippen LogP contribution in [0.4, 0.5) is 10.3 Å². The number of hydrogen-bond acceptors (Lipinski definition) is 5. The van der Waals surface area contributed by atoms with Crippen LogP contribution in [0.1, 0.15) is 55.9 Å². The molecule has 0 bridgehead atoms. The van der Waals surface area contributed by atoms with E-state index in [9.17, 15) is 14.0 Å². The van der Waals surface area contributed by atoms with E-state index in [2.05, 4.69) is 10.6 Å². The number of ether oxygens (including phenoxy) is 2. The molecule has 0 unspecified atom stereocenters. The van der Waals surface area contributed by atoms with Crippen molar-refractivity contribution in [2.75, 3.05) is 25.6 Å². The molecule has 2 N–H and O–H groups in total. The summed E-state index contributed by atoms with van der Waals surface area (Å²) in [7, 11) is 1.62. The first kappa shape index (κ1) is 25.6. The van der Waals surface area contributed by atoms with E-state index in [1.807, 2.05) is 36.6 Å². The first-order valence-corrected chi connectivity index (χ1v) is 12.4. The zero-order valence-electron chi connectivity index (χ0n) is 20.9. The van der Waals surface area contributed by atoms with Gasteiger partial charge in [0.2, 0.25) is 11.9 Å². The van der Waals surface area contributed by atoms with E-state index >= 15 is 0 Å². The van der Waals surface area contributed by atoms with Gasteiger partial charge < -0.3 is 19.4 Å². The number of benzene rings is 2. The summed E-state index contributed by atoms with van der Waals surface area (Å²) in [6.45, 7) is 4.81. The van der Waals surface area contributed by atoms with Crippen molar-refractivity contribution in [2.24, 2.45) is 5.92 Å². The number of rotatable bonds is 9. The van der Waals surface area contributed by atoms with Crippen LogP contribution in [0.15, 0.2) is 42.5 Å². The Bertz CT molecular complexity index is 1200. The van der Waals surface area contributed by atoms with Crippen LogP contribution in [0.3, 0.4) is 0 Å². The summed E-state index contributed by atoms with van der Waals surface area (Å²) in [5, 5.41) is 5.93. The second kappa shape index (κ2) is 11.5. The lowest BCUT2D eigenvalue weighted by molar-refractivity contribution is -0.126. The van der Waals surface area contributed by atoms with Crippen molar-refractivity contribution >= 4 is 28.8 Å².